The number of aliphatic imine (C=N–C) groups is 2. The van der Waals surface area contributed by atoms with Crippen LogP contribution in [0.4, 0.5) is 5.69 Å². The minimum atomic E-state index is -0.985. The van der Waals surface area contributed by atoms with E-state index in [1.165, 1.54) is 18.5 Å². The Kier molecular flexibility index (Phi) is 4.87. The van der Waals surface area contributed by atoms with Crippen molar-refractivity contribution in [1.82, 2.24) is 0 Å². The summed E-state index contributed by atoms with van der Waals surface area (Å²) in [6, 6.07) is 13.4. The topological polar surface area (TPSA) is 97.3 Å². The number of rotatable bonds is 5. The third kappa shape index (κ3) is 3.92. The largest absolute Gasteiger partial charge is 0.497 e. The van der Waals surface area contributed by atoms with Crippen LogP contribution in [0.3, 0.4) is 0 Å². The van der Waals surface area contributed by atoms with Gasteiger partial charge < -0.3 is 15.6 Å². The molecule has 0 aliphatic heterocycles. The summed E-state index contributed by atoms with van der Waals surface area (Å²) in [4.78, 5) is 19.0. The van der Waals surface area contributed by atoms with E-state index in [1.807, 2.05) is 18.2 Å². The standard InChI is InChI=1S/C16H15N3O3/c1-22-14-4-2-3-13(9-14)18-10-19-15(17)11-5-7-12(8-6-11)16(20)21/h2-10H,1H3,(H,20,21)(H2,17,18,19). The number of nitrogens with two attached hydrogens (primary N) is 1. The van der Waals surface area contributed by atoms with Crippen LogP contribution in [0.15, 0.2) is 58.5 Å². The van der Waals surface area contributed by atoms with Crippen LogP contribution in [0.5, 0.6) is 5.75 Å². The molecule has 0 unspecified atom stereocenters. The Bertz CT molecular complexity index is 722. The van der Waals surface area contributed by atoms with Gasteiger partial charge >= 0.3 is 5.97 Å². The zero-order valence-corrected chi connectivity index (χ0v) is 11.9. The van der Waals surface area contributed by atoms with Crippen LogP contribution < -0.4 is 10.5 Å². The lowest BCUT2D eigenvalue weighted by atomic mass is 10.1. The van der Waals surface area contributed by atoms with Crippen LogP contribution in [-0.4, -0.2) is 30.4 Å². The molecule has 0 heterocycles. The highest BCUT2D eigenvalue weighted by atomic mass is 16.5. The monoisotopic (exact) mass is 297 g/mol. The van der Waals surface area contributed by atoms with Crippen molar-refractivity contribution < 1.29 is 14.6 Å². The maximum Gasteiger partial charge on any atom is 0.335 e. The maximum atomic E-state index is 10.8. The molecule has 0 spiro atoms. The van der Waals surface area contributed by atoms with Crippen molar-refractivity contribution in [2.24, 2.45) is 15.7 Å². The zero-order valence-electron chi connectivity index (χ0n) is 11.9. The Labute approximate surface area is 127 Å². The van der Waals surface area contributed by atoms with Gasteiger partial charge in [0.2, 0.25) is 0 Å². The number of carboxylic acid groups (broad SMARTS) is 1. The molecular weight excluding hydrogens is 282 g/mol. The molecule has 6 heteroatoms. The highest BCUT2D eigenvalue weighted by molar-refractivity contribution is 6.02. The summed E-state index contributed by atoms with van der Waals surface area (Å²) < 4.78 is 5.10. The van der Waals surface area contributed by atoms with Gasteiger partial charge in [-0.05, 0) is 24.3 Å². The first-order chi connectivity index (χ1) is 10.6. The molecule has 2 aromatic carbocycles. The highest BCUT2D eigenvalue weighted by Gasteiger charge is 2.03. The average Bonchev–Trinajstić information content (AvgIpc) is 2.55. The summed E-state index contributed by atoms with van der Waals surface area (Å²) in [7, 11) is 1.58. The van der Waals surface area contributed by atoms with E-state index in [0.29, 0.717) is 17.0 Å². The van der Waals surface area contributed by atoms with Crippen molar-refractivity contribution >= 4 is 23.8 Å². The van der Waals surface area contributed by atoms with Gasteiger partial charge in [-0.2, -0.15) is 0 Å². The fourth-order valence-corrected chi connectivity index (χ4v) is 1.71. The third-order valence-corrected chi connectivity index (χ3v) is 2.88. The predicted octanol–water partition coefficient (Wildman–Crippen LogP) is 2.46. The van der Waals surface area contributed by atoms with Gasteiger partial charge in [-0.1, -0.05) is 18.2 Å². The lowest BCUT2D eigenvalue weighted by Crippen LogP contribution is -2.13. The molecule has 0 fully saturated rings. The second kappa shape index (κ2) is 7.03. The summed E-state index contributed by atoms with van der Waals surface area (Å²) in [5.74, 6) is -0.0268. The van der Waals surface area contributed by atoms with E-state index in [4.69, 9.17) is 15.6 Å². The van der Waals surface area contributed by atoms with E-state index in [2.05, 4.69) is 9.98 Å². The summed E-state index contributed by atoms with van der Waals surface area (Å²) >= 11 is 0. The minimum Gasteiger partial charge on any atom is -0.497 e. The van der Waals surface area contributed by atoms with Gasteiger partial charge in [0.25, 0.3) is 0 Å². The fourth-order valence-electron chi connectivity index (χ4n) is 1.71. The summed E-state index contributed by atoms with van der Waals surface area (Å²) in [5, 5.41) is 8.83. The molecule has 0 atom stereocenters. The molecule has 0 radical (unpaired) electrons. The molecule has 2 rings (SSSR count). The number of nitrogens with zero attached hydrogens (tertiary/aromatic N) is 2. The molecule has 3 N–H and O–H groups in total. The summed E-state index contributed by atoms with van der Waals surface area (Å²) in [5.41, 5.74) is 7.34. The molecule has 0 amide bonds. The molecule has 2 aromatic rings. The third-order valence-electron chi connectivity index (χ3n) is 2.88. The van der Waals surface area contributed by atoms with Crippen LogP contribution in [0.1, 0.15) is 15.9 Å². The van der Waals surface area contributed by atoms with Gasteiger partial charge in [0.15, 0.2) is 0 Å². The molecule has 0 aliphatic rings. The van der Waals surface area contributed by atoms with Crippen molar-refractivity contribution in [3.05, 3.63) is 59.7 Å². The molecule has 112 valence electrons. The van der Waals surface area contributed by atoms with Gasteiger partial charge in [-0.25, -0.2) is 14.8 Å². The first-order valence-electron chi connectivity index (χ1n) is 6.44. The first-order valence-corrected chi connectivity index (χ1v) is 6.44. The molecule has 22 heavy (non-hydrogen) atoms. The van der Waals surface area contributed by atoms with Crippen molar-refractivity contribution in [3.8, 4) is 5.75 Å². The van der Waals surface area contributed by atoms with Crippen LogP contribution in [0, 0.1) is 0 Å². The number of hydrogen-bond acceptors (Lipinski definition) is 3. The number of carbonyl (C=O) groups is 1. The number of carboxylic acids is 1. The average molecular weight is 297 g/mol. The fraction of sp³-hybridized carbons (Fsp3) is 0.0625. The Morgan fingerprint density at radius 3 is 2.50 bits per heavy atom. The van der Waals surface area contributed by atoms with Crippen molar-refractivity contribution in [1.29, 1.82) is 0 Å². The van der Waals surface area contributed by atoms with Crippen LogP contribution in [0.25, 0.3) is 0 Å². The number of methoxy groups -OCH3 is 1. The van der Waals surface area contributed by atoms with Crippen LogP contribution in [0.2, 0.25) is 0 Å². The van der Waals surface area contributed by atoms with Gasteiger partial charge in [-0.3, -0.25) is 0 Å². The van der Waals surface area contributed by atoms with E-state index in [9.17, 15) is 4.79 Å². The van der Waals surface area contributed by atoms with E-state index in [1.54, 1.807) is 25.3 Å². The predicted molar refractivity (Wildman–Crippen MR) is 85.3 cm³/mol. The summed E-state index contributed by atoms with van der Waals surface area (Å²) in [6.45, 7) is 0. The van der Waals surface area contributed by atoms with Crippen molar-refractivity contribution in [3.63, 3.8) is 0 Å². The maximum absolute atomic E-state index is 10.8. The number of ether oxygens (including phenoxy) is 1. The Hall–Kier alpha value is -3.15. The Balaban J connectivity index is 2.11. The van der Waals surface area contributed by atoms with Gasteiger partial charge in [0, 0.05) is 11.6 Å². The van der Waals surface area contributed by atoms with Gasteiger partial charge in [0.1, 0.15) is 17.9 Å². The second-order valence-electron chi connectivity index (χ2n) is 4.34. The Morgan fingerprint density at radius 1 is 1.18 bits per heavy atom. The molecule has 0 saturated carbocycles. The van der Waals surface area contributed by atoms with Crippen LogP contribution in [-0.2, 0) is 0 Å². The molecule has 0 bridgehead atoms. The smallest absolute Gasteiger partial charge is 0.335 e. The van der Waals surface area contributed by atoms with Gasteiger partial charge in [-0.15, -0.1) is 0 Å². The Morgan fingerprint density at radius 2 is 1.86 bits per heavy atom. The molecule has 0 aliphatic carbocycles. The van der Waals surface area contributed by atoms with E-state index < -0.39 is 5.97 Å². The lowest BCUT2D eigenvalue weighted by molar-refractivity contribution is 0.0697. The zero-order chi connectivity index (χ0) is 15.9. The van der Waals surface area contributed by atoms with E-state index in [0.717, 1.165) is 0 Å². The number of aromatic carboxylic acids is 1. The summed E-state index contributed by atoms with van der Waals surface area (Å²) in [6.07, 6.45) is 1.34. The minimum absolute atomic E-state index is 0.196. The van der Waals surface area contributed by atoms with Crippen molar-refractivity contribution in [2.45, 2.75) is 0 Å². The van der Waals surface area contributed by atoms with Crippen molar-refractivity contribution in [2.75, 3.05) is 7.11 Å². The quantitative estimate of drug-likeness (QED) is 0.654. The second-order valence-corrected chi connectivity index (χ2v) is 4.34. The normalized spacial score (nSPS) is 11.6. The number of hydrogen-bond donors (Lipinski definition) is 2. The number of benzene rings is 2. The van der Waals surface area contributed by atoms with Gasteiger partial charge in [0.05, 0.1) is 18.4 Å². The number of amidine groups is 1. The molecule has 0 saturated heterocycles. The lowest BCUT2D eigenvalue weighted by Gasteiger charge is -2.00. The van der Waals surface area contributed by atoms with Crippen LogP contribution >= 0.6 is 0 Å². The van der Waals surface area contributed by atoms with E-state index >= 15 is 0 Å². The highest BCUT2D eigenvalue weighted by Crippen LogP contribution is 2.18. The van der Waals surface area contributed by atoms with E-state index in [-0.39, 0.29) is 11.4 Å². The SMILES string of the molecule is COc1cccc(N=CN=C(N)c2ccc(C(=O)O)cc2)c1. The first kappa shape index (κ1) is 15.2. The molecule has 6 nitrogen and oxygen atoms in total. The molecule has 0 aromatic heterocycles. The molecular formula is C16H15N3O3.